The lowest BCUT2D eigenvalue weighted by Crippen LogP contribution is -2.44. The standard InChI is InChI=1S/C11H10N2OS3/c14-9-11(12-6-7-16-11)17-10(15)13(9)8-4-2-1-3-5-8/h1-5,12H,6-7H2. The molecule has 88 valence electrons. The number of nitrogens with zero attached hydrogens (tertiary/aromatic N) is 1. The molecule has 3 nitrogen and oxygen atoms in total. The first kappa shape index (κ1) is 11.5. The van der Waals surface area contributed by atoms with Crippen molar-refractivity contribution >= 4 is 51.7 Å². The number of thioether (sulfide) groups is 2. The Kier molecular flexibility index (Phi) is 2.90. The zero-order valence-corrected chi connectivity index (χ0v) is 11.3. The van der Waals surface area contributed by atoms with Crippen LogP contribution in [0.15, 0.2) is 30.3 Å². The summed E-state index contributed by atoms with van der Waals surface area (Å²) in [4.78, 5) is 14.1. The van der Waals surface area contributed by atoms with Crippen molar-refractivity contribution in [3.05, 3.63) is 30.3 Å². The number of hydrogen-bond acceptors (Lipinski definition) is 5. The fraction of sp³-hybridized carbons (Fsp3) is 0.273. The lowest BCUT2D eigenvalue weighted by Gasteiger charge is -2.19. The molecule has 0 radical (unpaired) electrons. The predicted octanol–water partition coefficient (Wildman–Crippen LogP) is 2.04. The van der Waals surface area contributed by atoms with E-state index in [1.54, 1.807) is 16.7 Å². The molecule has 0 saturated carbocycles. The molecule has 6 heteroatoms. The zero-order chi connectivity index (χ0) is 11.9. The summed E-state index contributed by atoms with van der Waals surface area (Å²) in [7, 11) is 0. The number of amides is 1. The lowest BCUT2D eigenvalue weighted by molar-refractivity contribution is -0.118. The largest absolute Gasteiger partial charge is 0.285 e. The number of anilines is 1. The smallest absolute Gasteiger partial charge is 0.274 e. The first-order valence-corrected chi connectivity index (χ1v) is 7.45. The maximum absolute atomic E-state index is 12.5. The number of carbonyl (C=O) groups is 1. The van der Waals surface area contributed by atoms with Crippen LogP contribution in [0.25, 0.3) is 0 Å². The van der Waals surface area contributed by atoms with Gasteiger partial charge in [-0.2, -0.15) is 0 Å². The van der Waals surface area contributed by atoms with Gasteiger partial charge in [-0.1, -0.05) is 42.2 Å². The highest BCUT2D eigenvalue weighted by Gasteiger charge is 2.53. The molecule has 0 aromatic heterocycles. The van der Waals surface area contributed by atoms with Crippen LogP contribution in [0, 0.1) is 0 Å². The van der Waals surface area contributed by atoms with Crippen LogP contribution >= 0.6 is 35.7 Å². The molecule has 1 amide bonds. The number of nitrogens with one attached hydrogen (secondary N) is 1. The SMILES string of the molecule is O=C1N(c2ccccc2)C(=S)SC12NCCS2. The first-order valence-electron chi connectivity index (χ1n) is 5.24. The van der Waals surface area contributed by atoms with E-state index in [1.807, 2.05) is 30.3 Å². The van der Waals surface area contributed by atoms with Gasteiger partial charge in [0.25, 0.3) is 5.91 Å². The minimum atomic E-state index is -0.576. The quantitative estimate of drug-likeness (QED) is 0.797. The summed E-state index contributed by atoms with van der Waals surface area (Å²) in [5.74, 6) is 0.991. The number of thiocarbonyl (C=S) groups is 1. The maximum Gasteiger partial charge on any atom is 0.274 e. The molecule has 3 rings (SSSR count). The van der Waals surface area contributed by atoms with Gasteiger partial charge in [-0.3, -0.25) is 15.0 Å². The molecule has 2 aliphatic heterocycles. The van der Waals surface area contributed by atoms with Gasteiger partial charge in [0.1, 0.15) is 0 Å². The number of rotatable bonds is 1. The topological polar surface area (TPSA) is 32.3 Å². The molecule has 2 heterocycles. The van der Waals surface area contributed by atoms with E-state index in [1.165, 1.54) is 11.8 Å². The molecule has 1 N–H and O–H groups in total. The van der Waals surface area contributed by atoms with E-state index in [-0.39, 0.29) is 5.91 Å². The number of hydrogen-bond donors (Lipinski definition) is 1. The van der Waals surface area contributed by atoms with Crippen LogP contribution in [0.3, 0.4) is 0 Å². The van der Waals surface area contributed by atoms with Crippen LogP contribution in [-0.2, 0) is 4.79 Å². The minimum Gasteiger partial charge on any atom is -0.285 e. The van der Waals surface area contributed by atoms with Crippen LogP contribution < -0.4 is 10.2 Å². The Morgan fingerprint density at radius 1 is 1.35 bits per heavy atom. The van der Waals surface area contributed by atoms with Crippen LogP contribution in [-0.4, -0.2) is 26.7 Å². The summed E-state index contributed by atoms with van der Waals surface area (Å²) in [5, 5.41) is 3.26. The molecule has 1 atom stereocenters. The molecule has 1 aromatic carbocycles. The summed E-state index contributed by atoms with van der Waals surface area (Å²) < 4.78 is 0.0514. The van der Waals surface area contributed by atoms with Gasteiger partial charge in [-0.25, -0.2) is 0 Å². The van der Waals surface area contributed by atoms with Gasteiger partial charge in [0.2, 0.25) is 0 Å². The van der Waals surface area contributed by atoms with E-state index in [0.29, 0.717) is 4.32 Å². The third kappa shape index (κ3) is 1.79. The molecular weight excluding hydrogens is 272 g/mol. The average molecular weight is 282 g/mol. The molecule has 1 unspecified atom stereocenters. The van der Waals surface area contributed by atoms with E-state index in [2.05, 4.69) is 5.32 Å². The fourth-order valence-electron chi connectivity index (χ4n) is 1.91. The Hall–Kier alpha value is -0.560. The Balaban J connectivity index is 1.97. The van der Waals surface area contributed by atoms with E-state index >= 15 is 0 Å². The van der Waals surface area contributed by atoms with Gasteiger partial charge in [0.15, 0.2) is 8.52 Å². The zero-order valence-electron chi connectivity index (χ0n) is 8.88. The Morgan fingerprint density at radius 2 is 2.12 bits per heavy atom. The Labute approximate surface area is 113 Å². The van der Waals surface area contributed by atoms with Crippen molar-refractivity contribution in [2.24, 2.45) is 0 Å². The molecule has 2 fully saturated rings. The molecule has 1 spiro atoms. The molecule has 17 heavy (non-hydrogen) atoms. The monoisotopic (exact) mass is 282 g/mol. The third-order valence-corrected chi connectivity index (χ3v) is 5.81. The van der Waals surface area contributed by atoms with Crippen molar-refractivity contribution in [2.75, 3.05) is 17.2 Å². The molecule has 2 aliphatic rings. The Morgan fingerprint density at radius 3 is 2.76 bits per heavy atom. The van der Waals surface area contributed by atoms with Crippen LogP contribution in [0.1, 0.15) is 0 Å². The van der Waals surface area contributed by atoms with Gasteiger partial charge < -0.3 is 0 Å². The van der Waals surface area contributed by atoms with Gasteiger partial charge in [0.05, 0.1) is 5.69 Å². The summed E-state index contributed by atoms with van der Waals surface area (Å²) >= 11 is 8.41. The highest BCUT2D eigenvalue weighted by molar-refractivity contribution is 8.33. The molecular formula is C11H10N2OS3. The second-order valence-electron chi connectivity index (χ2n) is 3.74. The predicted molar refractivity (Wildman–Crippen MR) is 77.3 cm³/mol. The van der Waals surface area contributed by atoms with E-state index < -0.39 is 4.20 Å². The van der Waals surface area contributed by atoms with Crippen molar-refractivity contribution in [1.82, 2.24) is 5.32 Å². The molecule has 0 aliphatic carbocycles. The first-order chi connectivity index (χ1) is 8.23. The van der Waals surface area contributed by atoms with Crippen molar-refractivity contribution in [3.63, 3.8) is 0 Å². The molecule has 0 bridgehead atoms. The summed E-state index contributed by atoms with van der Waals surface area (Å²) in [6.45, 7) is 0.856. The van der Waals surface area contributed by atoms with Crippen LogP contribution in [0.2, 0.25) is 0 Å². The highest BCUT2D eigenvalue weighted by atomic mass is 32.2. The van der Waals surface area contributed by atoms with Crippen molar-refractivity contribution in [2.45, 2.75) is 4.20 Å². The van der Waals surface area contributed by atoms with E-state index in [0.717, 1.165) is 18.0 Å². The maximum atomic E-state index is 12.5. The molecule has 1 aromatic rings. The van der Waals surface area contributed by atoms with E-state index in [4.69, 9.17) is 12.2 Å². The Bertz CT molecular complexity index is 471. The summed E-state index contributed by atoms with van der Waals surface area (Å²) in [6, 6.07) is 9.57. The van der Waals surface area contributed by atoms with Gasteiger partial charge in [-0.15, -0.1) is 11.8 Å². The van der Waals surface area contributed by atoms with Crippen molar-refractivity contribution in [3.8, 4) is 0 Å². The second-order valence-corrected chi connectivity index (χ2v) is 7.15. The number of benzene rings is 1. The molecule has 2 saturated heterocycles. The fourth-order valence-corrected chi connectivity index (χ4v) is 5.14. The van der Waals surface area contributed by atoms with E-state index in [9.17, 15) is 4.79 Å². The lowest BCUT2D eigenvalue weighted by atomic mass is 10.3. The van der Waals surface area contributed by atoms with Gasteiger partial charge in [0, 0.05) is 12.3 Å². The van der Waals surface area contributed by atoms with Crippen LogP contribution in [0.5, 0.6) is 0 Å². The van der Waals surface area contributed by atoms with Crippen molar-refractivity contribution in [1.29, 1.82) is 0 Å². The number of para-hydroxylation sites is 1. The average Bonchev–Trinajstić information content (AvgIpc) is 2.88. The third-order valence-electron chi connectivity index (χ3n) is 2.68. The highest BCUT2D eigenvalue weighted by Crippen LogP contribution is 2.47. The summed E-state index contributed by atoms with van der Waals surface area (Å²) in [6.07, 6.45) is 0. The minimum absolute atomic E-state index is 0.0428. The van der Waals surface area contributed by atoms with Crippen LogP contribution in [0.4, 0.5) is 5.69 Å². The normalized spacial score (nSPS) is 28.4. The second kappa shape index (κ2) is 4.28. The van der Waals surface area contributed by atoms with Crippen molar-refractivity contribution < 1.29 is 4.79 Å². The van der Waals surface area contributed by atoms with Gasteiger partial charge in [-0.05, 0) is 12.1 Å². The summed E-state index contributed by atoms with van der Waals surface area (Å²) in [5.41, 5.74) is 0.848. The van der Waals surface area contributed by atoms with Gasteiger partial charge >= 0.3 is 0 Å². The number of carbonyl (C=O) groups excluding carboxylic acids is 1.